The van der Waals surface area contributed by atoms with E-state index < -0.39 is 11.9 Å². The van der Waals surface area contributed by atoms with Gasteiger partial charge in [0.2, 0.25) is 11.8 Å². The Morgan fingerprint density at radius 2 is 1.20 bits per heavy atom. The third-order valence-electron chi connectivity index (χ3n) is 8.70. The molecule has 3 N–H and O–H groups in total. The Labute approximate surface area is 264 Å². The second-order valence-corrected chi connectivity index (χ2v) is 12.1. The van der Waals surface area contributed by atoms with Crippen molar-refractivity contribution in [2.75, 3.05) is 13.1 Å². The lowest BCUT2D eigenvalue weighted by molar-refractivity contribution is -0.144. The number of hydrogen-bond donors (Lipinski definition) is 3. The molecule has 0 spiro atoms. The van der Waals surface area contributed by atoms with E-state index in [2.05, 4.69) is 48.7 Å². The number of carboxylic acid groups (broad SMARTS) is 1. The highest BCUT2D eigenvalue weighted by Gasteiger charge is 2.35. The van der Waals surface area contributed by atoms with Crippen LogP contribution in [0, 0.1) is 11.8 Å². The Morgan fingerprint density at radius 1 is 0.727 bits per heavy atom. The molecule has 0 aromatic heterocycles. The van der Waals surface area contributed by atoms with E-state index in [1.54, 1.807) is 0 Å². The zero-order chi connectivity index (χ0) is 31.6. The van der Waals surface area contributed by atoms with E-state index in [-0.39, 0.29) is 48.3 Å². The Kier molecular flexibility index (Phi) is 11.7. The van der Waals surface area contributed by atoms with E-state index in [0.717, 1.165) is 29.5 Å². The number of carbonyl (C=O) groups excluding carboxylic acids is 3. The number of benzene rings is 3. The van der Waals surface area contributed by atoms with Crippen LogP contribution in [0.4, 0.5) is 0 Å². The molecule has 7 nitrogen and oxygen atoms in total. The van der Waals surface area contributed by atoms with Gasteiger partial charge in [-0.1, -0.05) is 86.1 Å². The molecule has 2 saturated heterocycles. The molecule has 8 heteroatoms. The maximum Gasteiger partial charge on any atom is 0.308 e. The largest absolute Gasteiger partial charge is 0.481 e. The number of aliphatic carboxylic acids is 1. The van der Waals surface area contributed by atoms with Crippen LogP contribution >= 0.6 is 11.6 Å². The lowest BCUT2D eigenvalue weighted by Gasteiger charge is -2.31. The van der Waals surface area contributed by atoms with Crippen LogP contribution in [0.15, 0.2) is 72.8 Å². The minimum absolute atomic E-state index is 0.0657. The van der Waals surface area contributed by atoms with Gasteiger partial charge in [0.25, 0.3) is 0 Å². The Balaban J connectivity index is 0.000000215. The first-order valence-electron chi connectivity index (χ1n) is 15.4. The zero-order valence-corrected chi connectivity index (χ0v) is 26.1. The van der Waals surface area contributed by atoms with Gasteiger partial charge in [-0.05, 0) is 64.6 Å². The SMILES string of the molecule is CCc1ccc(C2CC(=O)NC[C@H]2C(=O)O)cc1.CCc1ccc(C2CC(=O)NC[C@H]2CC(=O)Cc2ccc(Cl)cc2)cc1. The molecule has 5 rings (SSSR count). The highest BCUT2D eigenvalue weighted by Crippen LogP contribution is 2.34. The average Bonchev–Trinajstić information content (AvgIpc) is 3.03. The monoisotopic (exact) mass is 616 g/mol. The fourth-order valence-electron chi connectivity index (χ4n) is 6.02. The molecule has 2 heterocycles. The van der Waals surface area contributed by atoms with Gasteiger partial charge in [-0.25, -0.2) is 0 Å². The van der Waals surface area contributed by atoms with Gasteiger partial charge in [0, 0.05) is 49.7 Å². The minimum atomic E-state index is -0.848. The quantitative estimate of drug-likeness (QED) is 0.278. The summed E-state index contributed by atoms with van der Waals surface area (Å²) < 4.78 is 0. The van der Waals surface area contributed by atoms with Crippen molar-refractivity contribution < 1.29 is 24.3 Å². The number of piperidine rings is 2. The molecule has 2 unspecified atom stereocenters. The first-order valence-corrected chi connectivity index (χ1v) is 15.7. The van der Waals surface area contributed by atoms with Crippen LogP contribution < -0.4 is 10.6 Å². The second kappa shape index (κ2) is 15.7. The van der Waals surface area contributed by atoms with Gasteiger partial charge in [0.15, 0.2) is 0 Å². The van der Waals surface area contributed by atoms with Gasteiger partial charge in [0.1, 0.15) is 5.78 Å². The van der Waals surface area contributed by atoms with Crippen LogP contribution in [0.3, 0.4) is 0 Å². The molecular formula is C36H41ClN2O5. The van der Waals surface area contributed by atoms with Gasteiger partial charge < -0.3 is 15.7 Å². The third kappa shape index (κ3) is 9.02. The van der Waals surface area contributed by atoms with E-state index in [1.807, 2.05) is 48.5 Å². The van der Waals surface area contributed by atoms with E-state index in [1.165, 1.54) is 11.1 Å². The van der Waals surface area contributed by atoms with Crippen LogP contribution in [0.25, 0.3) is 0 Å². The molecule has 2 fully saturated rings. The third-order valence-corrected chi connectivity index (χ3v) is 8.95. The lowest BCUT2D eigenvalue weighted by Crippen LogP contribution is -2.43. The van der Waals surface area contributed by atoms with Crippen LogP contribution in [0.2, 0.25) is 5.02 Å². The average molecular weight is 617 g/mol. The van der Waals surface area contributed by atoms with Crippen molar-refractivity contribution in [1.82, 2.24) is 10.6 Å². The van der Waals surface area contributed by atoms with Crippen molar-refractivity contribution in [2.45, 2.75) is 64.2 Å². The fraction of sp³-hybridized carbons (Fsp3) is 0.389. The van der Waals surface area contributed by atoms with Gasteiger partial charge >= 0.3 is 5.97 Å². The van der Waals surface area contributed by atoms with Gasteiger partial charge in [0.05, 0.1) is 5.92 Å². The summed E-state index contributed by atoms with van der Waals surface area (Å²) in [5, 5.41) is 15.4. The van der Waals surface area contributed by atoms with E-state index in [4.69, 9.17) is 11.6 Å². The number of Topliss-reactive ketones (excluding diaryl/α,β-unsaturated/α-hetero) is 1. The summed E-state index contributed by atoms with van der Waals surface area (Å²) in [6.45, 7) is 4.98. The Bertz CT molecular complexity index is 1440. The molecule has 0 saturated carbocycles. The highest BCUT2D eigenvalue weighted by molar-refractivity contribution is 6.30. The predicted octanol–water partition coefficient (Wildman–Crippen LogP) is 5.88. The molecule has 3 aromatic carbocycles. The normalized spacial score (nSPS) is 21.3. The highest BCUT2D eigenvalue weighted by atomic mass is 35.5. The van der Waals surface area contributed by atoms with Crippen molar-refractivity contribution in [3.8, 4) is 0 Å². The molecule has 2 amide bonds. The van der Waals surface area contributed by atoms with Gasteiger partial charge in [-0.2, -0.15) is 0 Å². The molecule has 2 aliphatic rings. The van der Waals surface area contributed by atoms with Crippen LogP contribution in [0.5, 0.6) is 0 Å². The maximum absolute atomic E-state index is 12.6. The summed E-state index contributed by atoms with van der Waals surface area (Å²) in [6.07, 6.45) is 3.53. The van der Waals surface area contributed by atoms with E-state index in [9.17, 15) is 24.3 Å². The second-order valence-electron chi connectivity index (χ2n) is 11.7. The number of hydrogen-bond acceptors (Lipinski definition) is 4. The topological polar surface area (TPSA) is 113 Å². The smallest absolute Gasteiger partial charge is 0.308 e. The Hall–Kier alpha value is -3.97. The Morgan fingerprint density at radius 3 is 1.73 bits per heavy atom. The number of nitrogens with one attached hydrogen (secondary N) is 2. The molecule has 232 valence electrons. The number of aryl methyl sites for hydroxylation is 2. The first-order chi connectivity index (χ1) is 21.2. The summed E-state index contributed by atoms with van der Waals surface area (Å²) in [6, 6.07) is 23.7. The molecule has 0 radical (unpaired) electrons. The van der Waals surface area contributed by atoms with Gasteiger partial charge in [-0.3, -0.25) is 19.2 Å². The summed E-state index contributed by atoms with van der Waals surface area (Å²) >= 11 is 5.90. The van der Waals surface area contributed by atoms with Crippen molar-refractivity contribution >= 4 is 35.2 Å². The minimum Gasteiger partial charge on any atom is -0.481 e. The summed E-state index contributed by atoms with van der Waals surface area (Å²) in [7, 11) is 0. The summed E-state index contributed by atoms with van der Waals surface area (Å²) in [4.78, 5) is 47.1. The first kappa shape index (κ1) is 32.9. The van der Waals surface area contributed by atoms with Crippen LogP contribution in [0.1, 0.15) is 72.8 Å². The maximum atomic E-state index is 12.6. The number of carboxylic acids is 1. The van der Waals surface area contributed by atoms with Crippen molar-refractivity contribution in [2.24, 2.45) is 11.8 Å². The van der Waals surface area contributed by atoms with Gasteiger partial charge in [-0.15, -0.1) is 0 Å². The van der Waals surface area contributed by atoms with E-state index >= 15 is 0 Å². The molecule has 0 aliphatic carbocycles. The molecule has 4 atom stereocenters. The van der Waals surface area contributed by atoms with Crippen molar-refractivity contribution in [1.29, 1.82) is 0 Å². The molecule has 0 bridgehead atoms. The van der Waals surface area contributed by atoms with Crippen molar-refractivity contribution in [3.05, 3.63) is 106 Å². The number of halogens is 1. The summed E-state index contributed by atoms with van der Waals surface area (Å²) in [5.41, 5.74) is 5.56. The number of amides is 2. The molecular weight excluding hydrogens is 576 g/mol. The predicted molar refractivity (Wildman–Crippen MR) is 172 cm³/mol. The number of rotatable bonds is 9. The fourth-order valence-corrected chi connectivity index (χ4v) is 6.14. The lowest BCUT2D eigenvalue weighted by atomic mass is 9.77. The summed E-state index contributed by atoms with van der Waals surface area (Å²) in [5.74, 6) is -1.17. The van der Waals surface area contributed by atoms with Crippen LogP contribution in [-0.4, -0.2) is 41.8 Å². The standard InChI is InChI=1S/C22H24ClNO2.C14H17NO3/c1-2-15-3-7-17(8-4-15)21-13-22(26)24-14-18(21)12-20(25)11-16-5-9-19(23)10-6-16;1-2-9-3-5-10(6-4-9)11-7-13(16)15-8-12(11)14(17)18/h3-10,18,21H,2,11-14H2,1H3,(H,24,26);3-6,11-12H,2,7-8H2,1H3,(H,15,16)(H,17,18)/t18-,21?;11?,12-/m11/s1. The molecule has 3 aromatic rings. The number of carbonyl (C=O) groups is 4. The van der Waals surface area contributed by atoms with E-state index in [0.29, 0.717) is 30.8 Å². The number of ketones is 1. The molecule has 2 aliphatic heterocycles. The van der Waals surface area contributed by atoms with Crippen LogP contribution in [-0.2, 0) is 38.4 Å². The molecule has 44 heavy (non-hydrogen) atoms. The zero-order valence-electron chi connectivity index (χ0n) is 25.4. The van der Waals surface area contributed by atoms with Crippen molar-refractivity contribution in [3.63, 3.8) is 0 Å².